The van der Waals surface area contributed by atoms with Gasteiger partial charge in [-0.2, -0.15) is 0 Å². The van der Waals surface area contributed by atoms with E-state index in [1.165, 1.54) is 24.0 Å². The van der Waals surface area contributed by atoms with Crippen LogP contribution in [0.5, 0.6) is 0 Å². The standard InChI is InChI=1S/C16H25NO/c1-12-6-7-13(2)14(10-12)15(18)11-17-9-5-8-16(17,3)4/h6-7,10,15,18H,5,8-9,11H2,1-4H3. The Balaban J connectivity index is 2.12. The van der Waals surface area contributed by atoms with Gasteiger partial charge in [0.05, 0.1) is 6.10 Å². The number of hydrogen-bond acceptors (Lipinski definition) is 2. The normalized spacial score (nSPS) is 21.2. The van der Waals surface area contributed by atoms with Crippen LogP contribution in [0, 0.1) is 13.8 Å². The van der Waals surface area contributed by atoms with Crippen molar-refractivity contribution in [2.24, 2.45) is 0 Å². The summed E-state index contributed by atoms with van der Waals surface area (Å²) in [6.07, 6.45) is 2.10. The van der Waals surface area contributed by atoms with Crippen molar-refractivity contribution in [2.75, 3.05) is 13.1 Å². The molecule has 1 aromatic carbocycles. The number of aliphatic hydroxyl groups is 1. The van der Waals surface area contributed by atoms with E-state index >= 15 is 0 Å². The highest BCUT2D eigenvalue weighted by molar-refractivity contribution is 5.32. The third-order valence-corrected chi connectivity index (χ3v) is 4.26. The van der Waals surface area contributed by atoms with Crippen LogP contribution in [0.3, 0.4) is 0 Å². The quantitative estimate of drug-likeness (QED) is 0.886. The van der Waals surface area contributed by atoms with Crippen molar-refractivity contribution in [3.63, 3.8) is 0 Å². The highest BCUT2D eigenvalue weighted by Crippen LogP contribution is 2.31. The fourth-order valence-electron chi connectivity index (χ4n) is 2.93. The topological polar surface area (TPSA) is 23.5 Å². The predicted molar refractivity (Wildman–Crippen MR) is 75.8 cm³/mol. The highest BCUT2D eigenvalue weighted by atomic mass is 16.3. The molecule has 1 heterocycles. The summed E-state index contributed by atoms with van der Waals surface area (Å²) < 4.78 is 0. The first-order valence-electron chi connectivity index (χ1n) is 6.90. The number of aliphatic hydroxyl groups excluding tert-OH is 1. The molecule has 0 saturated carbocycles. The molecule has 2 heteroatoms. The Hall–Kier alpha value is -0.860. The summed E-state index contributed by atoms with van der Waals surface area (Å²) in [6.45, 7) is 10.6. The molecule has 18 heavy (non-hydrogen) atoms. The number of aryl methyl sites for hydroxylation is 2. The summed E-state index contributed by atoms with van der Waals surface area (Å²) in [7, 11) is 0. The molecule has 1 aliphatic rings. The Labute approximate surface area is 111 Å². The van der Waals surface area contributed by atoms with Crippen LogP contribution in [-0.4, -0.2) is 28.6 Å². The van der Waals surface area contributed by atoms with E-state index in [1.807, 2.05) is 0 Å². The molecule has 100 valence electrons. The summed E-state index contributed by atoms with van der Waals surface area (Å²) in [5.41, 5.74) is 3.72. The van der Waals surface area contributed by atoms with E-state index in [0.29, 0.717) is 0 Å². The fourth-order valence-corrected chi connectivity index (χ4v) is 2.93. The summed E-state index contributed by atoms with van der Waals surface area (Å²) in [6, 6.07) is 6.32. The smallest absolute Gasteiger partial charge is 0.0919 e. The summed E-state index contributed by atoms with van der Waals surface area (Å²) in [4.78, 5) is 2.42. The average molecular weight is 247 g/mol. The van der Waals surface area contributed by atoms with Gasteiger partial charge in [0, 0.05) is 12.1 Å². The third kappa shape index (κ3) is 2.76. The number of β-amino-alcohol motifs (C(OH)–C–C–N with tert-alkyl or cyclic N) is 1. The van der Waals surface area contributed by atoms with Gasteiger partial charge in [-0.15, -0.1) is 0 Å². The van der Waals surface area contributed by atoms with Crippen LogP contribution in [-0.2, 0) is 0 Å². The van der Waals surface area contributed by atoms with Gasteiger partial charge < -0.3 is 5.11 Å². The van der Waals surface area contributed by atoms with Crippen molar-refractivity contribution >= 4 is 0 Å². The molecule has 0 aromatic heterocycles. The maximum atomic E-state index is 10.5. The zero-order chi connectivity index (χ0) is 13.3. The Morgan fingerprint density at radius 1 is 1.33 bits per heavy atom. The molecule has 2 rings (SSSR count). The molecule has 1 saturated heterocycles. The molecule has 0 spiro atoms. The maximum Gasteiger partial charge on any atom is 0.0919 e. The summed E-state index contributed by atoms with van der Waals surface area (Å²) in [5.74, 6) is 0. The number of nitrogens with zero attached hydrogens (tertiary/aromatic N) is 1. The molecule has 0 amide bonds. The molecular weight excluding hydrogens is 222 g/mol. The van der Waals surface area contributed by atoms with E-state index in [2.05, 4.69) is 50.8 Å². The van der Waals surface area contributed by atoms with Gasteiger partial charge in [-0.1, -0.05) is 23.8 Å². The van der Waals surface area contributed by atoms with Gasteiger partial charge in [0.25, 0.3) is 0 Å². The van der Waals surface area contributed by atoms with Crippen molar-refractivity contribution in [1.29, 1.82) is 0 Å². The molecule has 0 bridgehead atoms. The Morgan fingerprint density at radius 3 is 2.67 bits per heavy atom. The van der Waals surface area contributed by atoms with Crippen LogP contribution in [0.15, 0.2) is 18.2 Å². The molecule has 1 atom stereocenters. The Kier molecular flexibility index (Phi) is 3.79. The van der Waals surface area contributed by atoms with Gasteiger partial charge in [-0.25, -0.2) is 0 Å². The molecule has 1 unspecified atom stereocenters. The van der Waals surface area contributed by atoms with Crippen molar-refractivity contribution in [3.8, 4) is 0 Å². The van der Waals surface area contributed by atoms with Gasteiger partial charge in [0.2, 0.25) is 0 Å². The van der Waals surface area contributed by atoms with E-state index in [9.17, 15) is 5.11 Å². The van der Waals surface area contributed by atoms with E-state index in [-0.39, 0.29) is 11.6 Å². The Bertz CT molecular complexity index is 425. The van der Waals surface area contributed by atoms with E-state index < -0.39 is 0 Å². The maximum absolute atomic E-state index is 10.5. The Morgan fingerprint density at radius 2 is 2.06 bits per heavy atom. The van der Waals surface area contributed by atoms with Gasteiger partial charge in [0.1, 0.15) is 0 Å². The van der Waals surface area contributed by atoms with Crippen molar-refractivity contribution in [3.05, 3.63) is 34.9 Å². The molecule has 2 nitrogen and oxygen atoms in total. The second-order valence-corrected chi connectivity index (χ2v) is 6.24. The molecule has 1 fully saturated rings. The predicted octanol–water partition coefficient (Wildman–Crippen LogP) is 3.21. The number of rotatable bonds is 3. The van der Waals surface area contributed by atoms with Gasteiger partial charge in [-0.3, -0.25) is 4.90 Å². The minimum Gasteiger partial charge on any atom is -0.387 e. The van der Waals surface area contributed by atoms with Crippen molar-refractivity contribution in [2.45, 2.75) is 52.2 Å². The monoisotopic (exact) mass is 247 g/mol. The lowest BCUT2D eigenvalue weighted by molar-refractivity contribution is 0.0775. The molecule has 1 aromatic rings. The van der Waals surface area contributed by atoms with Crippen LogP contribution in [0.25, 0.3) is 0 Å². The zero-order valence-corrected chi connectivity index (χ0v) is 12.0. The van der Waals surface area contributed by atoms with Crippen molar-refractivity contribution in [1.82, 2.24) is 4.90 Å². The van der Waals surface area contributed by atoms with Crippen LogP contribution < -0.4 is 0 Å². The third-order valence-electron chi connectivity index (χ3n) is 4.26. The molecular formula is C16H25NO. The lowest BCUT2D eigenvalue weighted by Gasteiger charge is -2.33. The van der Waals surface area contributed by atoms with Gasteiger partial charge in [-0.05, 0) is 58.2 Å². The number of likely N-dealkylation sites (tertiary alicyclic amines) is 1. The fraction of sp³-hybridized carbons (Fsp3) is 0.625. The van der Waals surface area contributed by atoms with Gasteiger partial charge >= 0.3 is 0 Å². The second-order valence-electron chi connectivity index (χ2n) is 6.24. The zero-order valence-electron chi connectivity index (χ0n) is 12.0. The summed E-state index contributed by atoms with van der Waals surface area (Å²) >= 11 is 0. The summed E-state index contributed by atoms with van der Waals surface area (Å²) in [5, 5.41) is 10.5. The number of hydrogen-bond donors (Lipinski definition) is 1. The molecule has 0 aliphatic carbocycles. The van der Waals surface area contributed by atoms with E-state index in [0.717, 1.165) is 18.7 Å². The largest absolute Gasteiger partial charge is 0.387 e. The van der Waals surface area contributed by atoms with Gasteiger partial charge in [0.15, 0.2) is 0 Å². The number of benzene rings is 1. The molecule has 0 radical (unpaired) electrons. The SMILES string of the molecule is Cc1ccc(C)c(C(O)CN2CCCC2(C)C)c1. The van der Waals surface area contributed by atoms with E-state index in [4.69, 9.17) is 0 Å². The minimum atomic E-state index is -0.373. The minimum absolute atomic E-state index is 0.235. The second kappa shape index (κ2) is 5.02. The van der Waals surface area contributed by atoms with Crippen molar-refractivity contribution < 1.29 is 5.11 Å². The highest BCUT2D eigenvalue weighted by Gasteiger charge is 2.33. The van der Waals surface area contributed by atoms with Crippen LogP contribution in [0.1, 0.15) is 49.5 Å². The molecule has 1 aliphatic heterocycles. The average Bonchev–Trinajstić information content (AvgIpc) is 2.62. The first-order chi connectivity index (χ1) is 8.40. The van der Waals surface area contributed by atoms with Crippen LogP contribution in [0.2, 0.25) is 0 Å². The lowest BCUT2D eigenvalue weighted by Crippen LogP contribution is -2.40. The molecule has 1 N–H and O–H groups in total. The first kappa shape index (κ1) is 13.6. The van der Waals surface area contributed by atoms with Crippen LogP contribution in [0.4, 0.5) is 0 Å². The lowest BCUT2D eigenvalue weighted by atomic mass is 9.98. The van der Waals surface area contributed by atoms with E-state index in [1.54, 1.807) is 0 Å². The van der Waals surface area contributed by atoms with Crippen LogP contribution >= 0.6 is 0 Å². The first-order valence-corrected chi connectivity index (χ1v) is 6.90.